The van der Waals surface area contributed by atoms with E-state index in [2.05, 4.69) is 16.4 Å². The Morgan fingerprint density at radius 2 is 1.94 bits per heavy atom. The van der Waals surface area contributed by atoms with Crippen LogP contribution in [0.15, 0.2) is 54.3 Å². The highest BCUT2D eigenvalue weighted by atomic mass is 16.5. The number of nitriles is 1. The third-order valence-corrected chi connectivity index (χ3v) is 5.11. The van der Waals surface area contributed by atoms with Crippen molar-refractivity contribution in [2.75, 3.05) is 32.1 Å². The number of methoxy groups -OCH3 is 1. The summed E-state index contributed by atoms with van der Waals surface area (Å²) in [6.45, 7) is 2.80. The number of imidazole rings is 1. The second-order valence-electron chi connectivity index (χ2n) is 7.15. The minimum atomic E-state index is -0.184. The molecule has 8 nitrogen and oxygen atoms in total. The maximum atomic E-state index is 12.5. The lowest BCUT2D eigenvalue weighted by atomic mass is 10.2. The second kappa shape index (κ2) is 9.78. The predicted molar refractivity (Wildman–Crippen MR) is 119 cm³/mol. The van der Waals surface area contributed by atoms with Gasteiger partial charge in [0.1, 0.15) is 23.9 Å². The Bertz CT molecular complexity index is 1140. The summed E-state index contributed by atoms with van der Waals surface area (Å²) in [5, 5.41) is 23.2. The van der Waals surface area contributed by atoms with Gasteiger partial charge in [-0.3, -0.25) is 4.79 Å². The van der Waals surface area contributed by atoms with E-state index in [0.29, 0.717) is 23.8 Å². The molecule has 0 radical (unpaired) electrons. The number of aromatic nitrogens is 2. The number of aliphatic hydroxyl groups is 1. The monoisotopic (exact) mass is 420 g/mol. The maximum absolute atomic E-state index is 12.5. The molecule has 1 atom stereocenters. The van der Waals surface area contributed by atoms with E-state index in [-0.39, 0.29) is 30.3 Å². The summed E-state index contributed by atoms with van der Waals surface area (Å²) in [7, 11) is 3.39. The number of carbonyl (C=O) groups is 1. The van der Waals surface area contributed by atoms with E-state index in [4.69, 9.17) is 4.74 Å². The zero-order valence-electron chi connectivity index (χ0n) is 17.8. The molecular formula is C23H26N5O3+. The number of amides is 1. The van der Waals surface area contributed by atoms with Crippen LogP contribution in [0, 0.1) is 11.3 Å². The van der Waals surface area contributed by atoms with E-state index in [9.17, 15) is 15.2 Å². The topological polar surface area (TPSA) is 105 Å². The smallest absolute Gasteiger partial charge is 0.279 e. The van der Waals surface area contributed by atoms with E-state index >= 15 is 0 Å². The molecule has 3 N–H and O–H groups in total. The molecule has 0 aliphatic carbocycles. The van der Waals surface area contributed by atoms with Crippen LogP contribution >= 0.6 is 0 Å². The molecule has 1 unspecified atom stereocenters. The first-order chi connectivity index (χ1) is 15.0. The number of ether oxygens (including phenoxy) is 1. The number of carbonyl (C=O) groups excluding carboxylic acids is 1. The van der Waals surface area contributed by atoms with Gasteiger partial charge >= 0.3 is 0 Å². The fraction of sp³-hybridized carbons (Fsp3) is 0.261. The maximum Gasteiger partial charge on any atom is 0.279 e. The van der Waals surface area contributed by atoms with Gasteiger partial charge in [0.25, 0.3) is 5.91 Å². The molecule has 2 aromatic carbocycles. The molecule has 3 aromatic rings. The Morgan fingerprint density at radius 1 is 1.23 bits per heavy atom. The van der Waals surface area contributed by atoms with Crippen LogP contribution in [-0.4, -0.2) is 47.3 Å². The number of anilines is 1. The molecule has 0 saturated carbocycles. The first-order valence-electron chi connectivity index (χ1n) is 9.98. The first-order valence-corrected chi connectivity index (χ1v) is 9.98. The van der Waals surface area contributed by atoms with Crippen molar-refractivity contribution < 1.29 is 19.5 Å². The van der Waals surface area contributed by atoms with Crippen LogP contribution in [0.3, 0.4) is 0 Å². The first kappa shape index (κ1) is 21.9. The van der Waals surface area contributed by atoms with Crippen molar-refractivity contribution in [1.29, 1.82) is 5.26 Å². The highest BCUT2D eigenvalue weighted by Gasteiger charge is 2.21. The van der Waals surface area contributed by atoms with Gasteiger partial charge in [0.15, 0.2) is 18.1 Å². The SMILES string of the molecule is CC[NH+](CC(=O)Nc1ccc(OC)cc1)C/C(O)=C(\C#N)c1nc2ccccc2n1C. The number of quaternary nitrogens is 1. The van der Waals surface area contributed by atoms with Crippen molar-refractivity contribution in [1.82, 2.24) is 9.55 Å². The van der Waals surface area contributed by atoms with E-state index in [1.807, 2.05) is 38.2 Å². The Kier molecular flexibility index (Phi) is 6.90. The van der Waals surface area contributed by atoms with Crippen LogP contribution in [0.4, 0.5) is 5.69 Å². The number of para-hydroxylation sites is 2. The number of nitrogens with one attached hydrogen (secondary N) is 2. The summed E-state index contributed by atoms with van der Waals surface area (Å²) in [6.07, 6.45) is 0. The van der Waals surface area contributed by atoms with Crippen molar-refractivity contribution in [3.8, 4) is 11.8 Å². The molecule has 31 heavy (non-hydrogen) atoms. The van der Waals surface area contributed by atoms with Gasteiger partial charge in [0, 0.05) is 12.7 Å². The number of hydrogen-bond donors (Lipinski definition) is 3. The average Bonchev–Trinajstić information content (AvgIpc) is 3.10. The Labute approximate surface area is 181 Å². The highest BCUT2D eigenvalue weighted by molar-refractivity contribution is 5.91. The van der Waals surface area contributed by atoms with Gasteiger partial charge in [-0.15, -0.1) is 0 Å². The number of rotatable bonds is 8. The summed E-state index contributed by atoms with van der Waals surface area (Å²) in [5.74, 6) is 0.838. The molecule has 3 rings (SSSR count). The molecule has 0 fully saturated rings. The van der Waals surface area contributed by atoms with Crippen LogP contribution in [0.25, 0.3) is 16.6 Å². The highest BCUT2D eigenvalue weighted by Crippen LogP contribution is 2.21. The van der Waals surface area contributed by atoms with Crippen molar-refractivity contribution in [3.63, 3.8) is 0 Å². The lowest BCUT2D eigenvalue weighted by Gasteiger charge is -2.17. The third-order valence-electron chi connectivity index (χ3n) is 5.11. The van der Waals surface area contributed by atoms with Crippen molar-refractivity contribution in [2.24, 2.45) is 7.05 Å². The number of benzene rings is 2. The average molecular weight is 420 g/mol. The van der Waals surface area contributed by atoms with Crippen molar-refractivity contribution >= 4 is 28.2 Å². The molecule has 0 aliphatic rings. The molecule has 0 bridgehead atoms. The number of fused-ring (bicyclic) bond motifs is 1. The van der Waals surface area contributed by atoms with E-state index < -0.39 is 0 Å². The summed E-state index contributed by atoms with van der Waals surface area (Å²) >= 11 is 0. The zero-order valence-corrected chi connectivity index (χ0v) is 17.8. The Balaban J connectivity index is 1.73. The van der Waals surface area contributed by atoms with Gasteiger partial charge in [-0.1, -0.05) is 12.1 Å². The zero-order chi connectivity index (χ0) is 22.4. The third kappa shape index (κ3) is 5.02. The molecular weight excluding hydrogens is 394 g/mol. The van der Waals surface area contributed by atoms with Crippen LogP contribution in [0.5, 0.6) is 5.75 Å². The molecule has 8 heteroatoms. The Morgan fingerprint density at radius 3 is 2.55 bits per heavy atom. The van der Waals surface area contributed by atoms with Gasteiger partial charge < -0.3 is 24.6 Å². The van der Waals surface area contributed by atoms with Gasteiger partial charge in [-0.05, 0) is 43.3 Å². The molecule has 1 aromatic heterocycles. The van der Waals surface area contributed by atoms with Gasteiger partial charge in [0.05, 0.1) is 24.7 Å². The minimum Gasteiger partial charge on any atom is -0.506 e. The number of likely N-dealkylation sites (N-methyl/N-ethyl adjacent to an activating group) is 1. The lowest BCUT2D eigenvalue weighted by molar-refractivity contribution is -0.886. The fourth-order valence-electron chi connectivity index (χ4n) is 3.36. The molecule has 160 valence electrons. The van der Waals surface area contributed by atoms with Crippen LogP contribution in [0.2, 0.25) is 0 Å². The molecule has 1 heterocycles. The quantitative estimate of drug-likeness (QED) is 0.382. The largest absolute Gasteiger partial charge is 0.506 e. The predicted octanol–water partition coefficient (Wildman–Crippen LogP) is 1.92. The molecule has 0 aliphatic heterocycles. The standard InChI is InChI=1S/C23H25N5O3/c1-4-28(15-22(30)25-16-9-11-17(31-3)12-10-16)14-21(29)18(13-24)23-26-19-7-5-6-8-20(19)27(23)2/h5-12,29H,4,14-15H2,1-3H3,(H,25,30)/p+1/b21-18-. The summed E-state index contributed by atoms with van der Waals surface area (Å²) in [6, 6.07) is 16.7. The Hall–Kier alpha value is -3.83. The number of aliphatic hydroxyl groups excluding tert-OH is 1. The van der Waals surface area contributed by atoms with E-state index in [1.54, 1.807) is 35.9 Å². The molecule has 0 spiro atoms. The molecule has 0 saturated heterocycles. The van der Waals surface area contributed by atoms with Gasteiger partial charge in [0.2, 0.25) is 0 Å². The number of aryl methyl sites for hydroxylation is 1. The van der Waals surface area contributed by atoms with Crippen LogP contribution in [-0.2, 0) is 11.8 Å². The number of allylic oxidation sites excluding steroid dienone is 1. The van der Waals surface area contributed by atoms with Crippen LogP contribution in [0.1, 0.15) is 12.7 Å². The summed E-state index contributed by atoms with van der Waals surface area (Å²) in [5.41, 5.74) is 2.40. The molecule has 1 amide bonds. The minimum absolute atomic E-state index is 0.0880. The van der Waals surface area contributed by atoms with E-state index in [1.165, 1.54) is 0 Å². The lowest BCUT2D eigenvalue weighted by Crippen LogP contribution is -3.13. The van der Waals surface area contributed by atoms with E-state index in [0.717, 1.165) is 15.9 Å². The van der Waals surface area contributed by atoms with Crippen LogP contribution < -0.4 is 15.0 Å². The van der Waals surface area contributed by atoms with Crippen molar-refractivity contribution in [3.05, 3.63) is 60.1 Å². The normalized spacial score (nSPS) is 12.7. The summed E-state index contributed by atoms with van der Waals surface area (Å²) in [4.78, 5) is 17.8. The summed E-state index contributed by atoms with van der Waals surface area (Å²) < 4.78 is 6.90. The fourth-order valence-corrected chi connectivity index (χ4v) is 3.36. The van der Waals surface area contributed by atoms with Crippen molar-refractivity contribution in [2.45, 2.75) is 6.92 Å². The number of nitrogens with zero attached hydrogens (tertiary/aromatic N) is 3. The number of hydrogen-bond acceptors (Lipinski definition) is 5. The van der Waals surface area contributed by atoms with Gasteiger partial charge in [-0.2, -0.15) is 5.26 Å². The van der Waals surface area contributed by atoms with Gasteiger partial charge in [-0.25, -0.2) is 4.98 Å². The second-order valence-corrected chi connectivity index (χ2v) is 7.15.